The summed E-state index contributed by atoms with van der Waals surface area (Å²) >= 11 is 0. The van der Waals surface area contributed by atoms with Crippen LogP contribution in [0, 0.1) is 0 Å². The fourth-order valence-corrected chi connectivity index (χ4v) is 11.9. The number of aliphatic hydroxyl groups is 2. The molecule has 0 fully saturated rings. The first-order valence-corrected chi connectivity index (χ1v) is 41.5. The number of unbranched alkanes of at least 4 members (excludes halogenated alkanes) is 34. The van der Waals surface area contributed by atoms with Crippen LogP contribution in [0.1, 0.15) is 329 Å². The monoisotopic (exact) mass is 1410 g/mol. The lowest BCUT2D eigenvalue weighted by atomic mass is 10.0. The van der Waals surface area contributed by atoms with Crippen LogP contribution in [0.25, 0.3) is 0 Å². The largest absolute Gasteiger partial charge is 0.472 e. The summed E-state index contributed by atoms with van der Waals surface area (Å²) in [6, 6.07) is 0. The van der Waals surface area contributed by atoms with Crippen molar-refractivity contribution in [2.75, 3.05) is 39.6 Å². The lowest BCUT2D eigenvalue weighted by Gasteiger charge is -2.21. The summed E-state index contributed by atoms with van der Waals surface area (Å²) in [7, 11) is -9.78. The summed E-state index contributed by atoms with van der Waals surface area (Å²) in [5.74, 6) is -1.60. The third kappa shape index (κ3) is 73.5. The summed E-state index contributed by atoms with van der Waals surface area (Å²) in [4.78, 5) is 58.4. The highest BCUT2D eigenvalue weighted by atomic mass is 31.2. The number of esters is 3. The van der Waals surface area contributed by atoms with Crippen LogP contribution in [-0.4, -0.2) is 95.9 Å². The number of aliphatic hydroxyl groups excluding tert-OH is 2. The molecule has 4 N–H and O–H groups in total. The maximum absolute atomic E-state index is 12.9. The molecule has 0 aromatic carbocycles. The minimum Gasteiger partial charge on any atom is -0.463 e. The highest BCUT2D eigenvalue weighted by Gasteiger charge is 2.29. The Hall–Kier alpha value is -3.53. The average molecular weight is 1410 g/mol. The molecule has 5 atom stereocenters. The average Bonchev–Trinajstić information content (AvgIpc) is 1.74. The van der Waals surface area contributed by atoms with E-state index in [9.17, 15) is 43.5 Å². The first kappa shape index (κ1) is 93.5. The smallest absolute Gasteiger partial charge is 0.463 e. The van der Waals surface area contributed by atoms with Crippen LogP contribution in [0.15, 0.2) is 97.2 Å². The van der Waals surface area contributed by atoms with Gasteiger partial charge in [-0.05, 0) is 122 Å². The second kappa shape index (κ2) is 72.3. The van der Waals surface area contributed by atoms with E-state index in [2.05, 4.69) is 118 Å². The lowest BCUT2D eigenvalue weighted by Crippen LogP contribution is -2.30. The SMILES string of the molecule is CCC/C=C\C/C=C\CCCCCCCC(=O)OC(COC(=O)CCCCCCC/C=C\C/C=C\CCCCC)COP(=O)(O)OCC(O)COP(=O)(O)OCC(O)COC(=O)CCCCCCCCCCCCCCCCCCC/C=C\C/C=C\C/C=C\C/C=C\CCCCC. The number of rotatable bonds is 73. The van der Waals surface area contributed by atoms with Crippen LogP contribution in [0.4, 0.5) is 0 Å². The Kier molecular flexibility index (Phi) is 69.6. The topological polar surface area (TPSA) is 231 Å². The van der Waals surface area contributed by atoms with Crippen LogP contribution < -0.4 is 0 Å². The summed E-state index contributed by atoms with van der Waals surface area (Å²) in [6.07, 6.45) is 82.0. The molecular weight excluding hydrogens is 1270 g/mol. The number of phosphoric ester groups is 2. The molecule has 16 nitrogen and oxygen atoms in total. The molecule has 0 radical (unpaired) electrons. The van der Waals surface area contributed by atoms with Crippen molar-refractivity contribution in [3.8, 4) is 0 Å². The molecule has 0 aliphatic carbocycles. The Labute approximate surface area is 590 Å². The van der Waals surface area contributed by atoms with Gasteiger partial charge in [-0.2, -0.15) is 0 Å². The molecule has 0 amide bonds. The molecule has 0 aromatic heterocycles. The quantitative estimate of drug-likeness (QED) is 0.0146. The van der Waals surface area contributed by atoms with Gasteiger partial charge in [-0.1, -0.05) is 285 Å². The minimum absolute atomic E-state index is 0.0857. The number of allylic oxidation sites excluding steroid dienone is 16. The minimum atomic E-state index is -4.93. The zero-order chi connectivity index (χ0) is 70.9. The van der Waals surface area contributed by atoms with Gasteiger partial charge in [-0.25, -0.2) is 9.13 Å². The molecule has 0 aliphatic heterocycles. The van der Waals surface area contributed by atoms with E-state index in [1.807, 2.05) is 0 Å². The van der Waals surface area contributed by atoms with Gasteiger partial charge >= 0.3 is 33.6 Å². The van der Waals surface area contributed by atoms with Crippen LogP contribution in [-0.2, 0) is 55.8 Å². The molecule has 0 rings (SSSR count). The van der Waals surface area contributed by atoms with E-state index >= 15 is 0 Å². The number of ether oxygens (including phenoxy) is 3. The van der Waals surface area contributed by atoms with Crippen LogP contribution in [0.3, 0.4) is 0 Å². The number of carbonyl (C=O) groups is 3. The Morgan fingerprint density at radius 2 is 0.536 bits per heavy atom. The second-order valence-corrected chi connectivity index (χ2v) is 28.7. The fourth-order valence-electron chi connectivity index (χ4n) is 10.3. The molecule has 0 saturated carbocycles. The van der Waals surface area contributed by atoms with E-state index in [0.717, 1.165) is 135 Å². The molecule has 0 spiro atoms. The van der Waals surface area contributed by atoms with Crippen molar-refractivity contribution in [2.45, 2.75) is 347 Å². The molecule has 97 heavy (non-hydrogen) atoms. The van der Waals surface area contributed by atoms with Crippen LogP contribution in [0.5, 0.6) is 0 Å². The van der Waals surface area contributed by atoms with Gasteiger partial charge in [0.1, 0.15) is 25.4 Å². The lowest BCUT2D eigenvalue weighted by molar-refractivity contribution is -0.161. The summed E-state index contributed by atoms with van der Waals surface area (Å²) in [6.45, 7) is 2.54. The Bertz CT molecular complexity index is 2150. The van der Waals surface area contributed by atoms with Crippen molar-refractivity contribution in [3.05, 3.63) is 97.2 Å². The van der Waals surface area contributed by atoms with Crippen molar-refractivity contribution in [2.24, 2.45) is 0 Å². The highest BCUT2D eigenvalue weighted by molar-refractivity contribution is 7.47. The number of hydrogen-bond acceptors (Lipinski definition) is 14. The van der Waals surface area contributed by atoms with Gasteiger partial charge in [0.25, 0.3) is 0 Å². The fraction of sp³-hybridized carbons (Fsp3) is 0.759. The van der Waals surface area contributed by atoms with Crippen molar-refractivity contribution in [1.82, 2.24) is 0 Å². The zero-order valence-corrected chi connectivity index (χ0v) is 63.0. The first-order chi connectivity index (χ1) is 47.2. The van der Waals surface area contributed by atoms with E-state index in [1.165, 1.54) is 135 Å². The van der Waals surface area contributed by atoms with Crippen molar-refractivity contribution < 1.29 is 75.8 Å². The summed E-state index contributed by atoms with van der Waals surface area (Å²) < 4.78 is 60.9. The van der Waals surface area contributed by atoms with E-state index in [0.29, 0.717) is 19.3 Å². The van der Waals surface area contributed by atoms with E-state index in [-0.39, 0.29) is 19.3 Å². The van der Waals surface area contributed by atoms with E-state index in [1.54, 1.807) is 0 Å². The number of phosphoric acid groups is 2. The predicted octanol–water partition coefficient (Wildman–Crippen LogP) is 22.2. The van der Waals surface area contributed by atoms with E-state index in [4.69, 9.17) is 32.3 Å². The molecule has 0 heterocycles. The maximum Gasteiger partial charge on any atom is 0.472 e. The van der Waals surface area contributed by atoms with E-state index < -0.39 is 91.5 Å². The maximum atomic E-state index is 12.9. The van der Waals surface area contributed by atoms with Gasteiger partial charge in [0.05, 0.1) is 26.4 Å². The first-order valence-electron chi connectivity index (χ1n) is 38.5. The Morgan fingerprint density at radius 1 is 0.289 bits per heavy atom. The number of carbonyl (C=O) groups excluding carboxylic acids is 3. The molecule has 5 unspecified atom stereocenters. The zero-order valence-electron chi connectivity index (χ0n) is 61.2. The third-order valence-corrected chi connectivity index (χ3v) is 18.1. The molecule has 18 heteroatoms. The molecular formula is C79H140O16P2. The van der Waals surface area contributed by atoms with Gasteiger partial charge in [-0.15, -0.1) is 0 Å². The van der Waals surface area contributed by atoms with Gasteiger partial charge in [0.15, 0.2) is 6.10 Å². The molecule has 0 bridgehead atoms. The van der Waals surface area contributed by atoms with Gasteiger partial charge < -0.3 is 34.2 Å². The normalized spacial score (nSPS) is 14.6. The van der Waals surface area contributed by atoms with Crippen LogP contribution in [0.2, 0.25) is 0 Å². The Balaban J connectivity index is 4.36. The predicted molar refractivity (Wildman–Crippen MR) is 399 cm³/mol. The highest BCUT2D eigenvalue weighted by Crippen LogP contribution is 2.45. The van der Waals surface area contributed by atoms with Crippen molar-refractivity contribution in [1.29, 1.82) is 0 Å². The molecule has 0 saturated heterocycles. The summed E-state index contributed by atoms with van der Waals surface area (Å²) in [5.41, 5.74) is 0. The van der Waals surface area contributed by atoms with Gasteiger partial charge in [0, 0.05) is 19.3 Å². The molecule has 0 aliphatic rings. The number of hydrogen-bond donors (Lipinski definition) is 4. The van der Waals surface area contributed by atoms with Gasteiger partial charge in [0.2, 0.25) is 0 Å². The van der Waals surface area contributed by atoms with Crippen molar-refractivity contribution >= 4 is 33.6 Å². The standard InChI is InChI=1S/C79H140O16P2/c1-4-7-10-13-16-19-22-25-27-28-29-30-31-32-33-34-35-36-37-38-39-40-41-42-43-44-46-49-50-53-56-59-62-65-77(82)89-68-74(80)69-91-96(85,86)92-70-75(81)71-93-97(87,88)94-73-76(95-79(84)67-64-61-58-55-52-47-24-21-18-15-12-9-6-3)72-90-78(83)66-63-60-57-54-51-48-45-26-23-20-17-14-11-8-5-2/h12,15-17,19-21,24-27,29-30,32-33,45,74-76,80-81H,4-11,13-14,18,22-23,28,31,34-44,46-73H2,1-3H3,(H,85,86)(H,87,88)/b15-12-,19-16-,20-17-,24-21-,27-25-,30-29-,33-32-,45-26-. The molecule has 562 valence electrons. The third-order valence-electron chi connectivity index (χ3n) is 16.2. The molecule has 0 aromatic rings. The summed E-state index contributed by atoms with van der Waals surface area (Å²) in [5, 5.41) is 20.6. The van der Waals surface area contributed by atoms with Gasteiger partial charge in [-0.3, -0.25) is 32.5 Å². The van der Waals surface area contributed by atoms with Crippen LogP contribution >= 0.6 is 15.6 Å². The Morgan fingerprint density at radius 3 is 0.856 bits per heavy atom. The van der Waals surface area contributed by atoms with Crippen molar-refractivity contribution in [3.63, 3.8) is 0 Å². The second-order valence-electron chi connectivity index (χ2n) is 25.8.